The molecular weight excluding hydrogens is 146 g/mol. The molecule has 1 aromatic heterocycles. The highest BCUT2D eigenvalue weighted by Gasteiger charge is 1.83. The topological polar surface area (TPSA) is 26.0 Å². The molecule has 1 heterocycles. The van der Waals surface area contributed by atoms with E-state index in [1.54, 1.807) is 6.07 Å². The van der Waals surface area contributed by atoms with Gasteiger partial charge in [-0.05, 0) is 0 Å². The van der Waals surface area contributed by atoms with Crippen LogP contribution in [-0.4, -0.2) is 0 Å². The zero-order valence-electron chi connectivity index (χ0n) is 3.38. The molecule has 0 aliphatic heterocycles. The van der Waals surface area contributed by atoms with Gasteiger partial charge in [-0.2, -0.15) is 0 Å². The van der Waals surface area contributed by atoms with Crippen molar-refractivity contribution in [2.45, 2.75) is 0 Å². The first kappa shape index (κ1) is 5.21. The first-order chi connectivity index (χ1) is 3.29. The van der Waals surface area contributed by atoms with E-state index in [2.05, 4.69) is 0 Å². The Morgan fingerprint density at radius 3 is 2.43 bits per heavy atom. The Bertz CT molecular complexity index is 198. The second kappa shape index (κ2) is 1.90. The van der Waals surface area contributed by atoms with Gasteiger partial charge < -0.3 is 5.73 Å². The highest BCUT2D eigenvalue weighted by molar-refractivity contribution is 7.80. The molecule has 1 rings (SSSR count). The Kier molecular flexibility index (Phi) is 1.41. The Morgan fingerprint density at radius 1 is 1.57 bits per heavy atom. The van der Waals surface area contributed by atoms with Crippen molar-refractivity contribution in [3.05, 3.63) is 9.89 Å². The highest BCUT2D eigenvalue weighted by atomic mass is 32.9. The van der Waals surface area contributed by atoms with Gasteiger partial charge in [-0.3, -0.25) is 0 Å². The summed E-state index contributed by atoms with van der Waals surface area (Å²) in [6.07, 6.45) is 0. The molecule has 7 heavy (non-hydrogen) atoms. The molecule has 1 aromatic rings. The van der Waals surface area contributed by atoms with Gasteiger partial charge in [0.15, 0.2) is 0 Å². The van der Waals surface area contributed by atoms with Crippen LogP contribution in [0.25, 0.3) is 0 Å². The van der Waals surface area contributed by atoms with Gasteiger partial charge in [-0.1, -0.05) is 32.9 Å². The van der Waals surface area contributed by atoms with Gasteiger partial charge >= 0.3 is 0 Å². The molecule has 0 fully saturated rings. The third kappa shape index (κ3) is 1.22. The molecule has 1 nitrogen and oxygen atoms in total. The summed E-state index contributed by atoms with van der Waals surface area (Å²) in [6, 6.07) is 1.80. The van der Waals surface area contributed by atoms with Crippen LogP contribution in [0.4, 0.5) is 5.00 Å². The van der Waals surface area contributed by atoms with E-state index < -0.39 is 0 Å². The number of nitrogens with two attached hydrogens (primary N) is 1. The van der Waals surface area contributed by atoms with Crippen LogP contribution in [0, 0.1) is 3.82 Å². The van der Waals surface area contributed by atoms with E-state index in [9.17, 15) is 0 Å². The summed E-state index contributed by atoms with van der Waals surface area (Å²) < 4.78 is 0.877. The average Bonchev–Trinajstić information content (AvgIpc) is 1.87. The van der Waals surface area contributed by atoms with Crippen LogP contribution < -0.4 is 5.73 Å². The minimum absolute atomic E-state index is 0.815. The van der Waals surface area contributed by atoms with Gasteiger partial charge in [0, 0.05) is 6.07 Å². The summed E-state index contributed by atoms with van der Waals surface area (Å²) >= 11 is 4.78. The lowest BCUT2D eigenvalue weighted by Crippen LogP contribution is -1.72. The van der Waals surface area contributed by atoms with Gasteiger partial charge in [0.25, 0.3) is 0 Å². The summed E-state index contributed by atoms with van der Waals surface area (Å²) in [5.41, 5.74) is 5.34. The lowest BCUT2D eigenvalue weighted by molar-refractivity contribution is 1.95. The van der Waals surface area contributed by atoms with Crippen LogP contribution >= 0.6 is 32.9 Å². The molecule has 0 amide bonds. The first-order valence-electron chi connectivity index (χ1n) is 1.65. The predicted molar refractivity (Wildman–Crippen MR) is 37.4 cm³/mol. The predicted octanol–water partition coefficient (Wildman–Crippen LogP) is 2.12. The minimum Gasteiger partial charge on any atom is -0.390 e. The van der Waals surface area contributed by atoms with Crippen molar-refractivity contribution in [3.8, 4) is 0 Å². The summed E-state index contributed by atoms with van der Waals surface area (Å²) in [5.74, 6) is 0. The molecule has 0 radical (unpaired) electrons. The van der Waals surface area contributed by atoms with Crippen LogP contribution in [0.1, 0.15) is 0 Å². The van der Waals surface area contributed by atoms with Gasteiger partial charge in [-0.25, -0.2) is 0 Å². The maximum absolute atomic E-state index is 5.34. The van der Waals surface area contributed by atoms with E-state index in [-0.39, 0.29) is 0 Å². The lowest BCUT2D eigenvalue weighted by atomic mass is 10.7. The summed E-state index contributed by atoms with van der Waals surface area (Å²) in [5, 5.41) is 0.815. The summed E-state index contributed by atoms with van der Waals surface area (Å²) in [4.78, 5) is 0. The van der Waals surface area contributed by atoms with Crippen LogP contribution in [0.5, 0.6) is 0 Å². The molecule has 0 aliphatic rings. The molecule has 2 N–H and O–H groups in total. The standard InChI is InChI=1S/C3H3NS3/c4-2-1-3(5)7-6-2/h1H,4H2. The van der Waals surface area contributed by atoms with Crippen molar-refractivity contribution in [3.63, 3.8) is 0 Å². The van der Waals surface area contributed by atoms with Crippen LogP contribution in [-0.2, 0) is 0 Å². The molecule has 38 valence electrons. The van der Waals surface area contributed by atoms with Crippen molar-refractivity contribution in [1.82, 2.24) is 0 Å². The van der Waals surface area contributed by atoms with Crippen molar-refractivity contribution < 1.29 is 0 Å². The molecule has 0 unspecified atom stereocenters. The normalized spacial score (nSPS) is 9.14. The molecule has 4 heteroatoms. The van der Waals surface area contributed by atoms with Gasteiger partial charge in [0.2, 0.25) is 0 Å². The van der Waals surface area contributed by atoms with Gasteiger partial charge in [0.1, 0.15) is 3.82 Å². The maximum atomic E-state index is 5.34. The first-order valence-corrected chi connectivity index (χ1v) is 4.20. The zero-order chi connectivity index (χ0) is 5.28. The molecule has 0 spiro atoms. The van der Waals surface area contributed by atoms with Crippen LogP contribution in [0.15, 0.2) is 6.07 Å². The van der Waals surface area contributed by atoms with Crippen molar-refractivity contribution >= 4 is 37.9 Å². The fourth-order valence-corrected chi connectivity index (χ4v) is 2.18. The molecular formula is C3H3NS3. The van der Waals surface area contributed by atoms with Crippen molar-refractivity contribution in [1.29, 1.82) is 0 Å². The third-order valence-electron chi connectivity index (χ3n) is 0.480. The van der Waals surface area contributed by atoms with E-state index in [1.165, 1.54) is 20.7 Å². The maximum Gasteiger partial charge on any atom is 0.104 e. The number of anilines is 1. The highest BCUT2D eigenvalue weighted by Crippen LogP contribution is 2.18. The Hall–Kier alpha value is 0.0700. The van der Waals surface area contributed by atoms with E-state index >= 15 is 0 Å². The number of hydrogen-bond donors (Lipinski definition) is 1. The fraction of sp³-hybridized carbons (Fsp3) is 0. The van der Waals surface area contributed by atoms with E-state index in [0.717, 1.165) is 8.82 Å². The Morgan fingerprint density at radius 2 is 2.29 bits per heavy atom. The largest absolute Gasteiger partial charge is 0.390 e. The number of nitrogen functional groups attached to an aromatic ring is 1. The SMILES string of the molecule is Nc1cc(=S)ss1. The molecule has 0 aromatic carbocycles. The monoisotopic (exact) mass is 149 g/mol. The average molecular weight is 149 g/mol. The quantitative estimate of drug-likeness (QED) is 0.451. The van der Waals surface area contributed by atoms with Crippen molar-refractivity contribution in [2.24, 2.45) is 0 Å². The smallest absolute Gasteiger partial charge is 0.104 e. The molecule has 0 aliphatic carbocycles. The third-order valence-corrected chi connectivity index (χ3v) is 3.21. The fourth-order valence-electron chi connectivity index (χ4n) is 0.253. The van der Waals surface area contributed by atoms with Gasteiger partial charge in [-0.15, -0.1) is 0 Å². The summed E-state index contributed by atoms with van der Waals surface area (Å²) in [7, 11) is 3.06. The molecule has 0 saturated heterocycles. The summed E-state index contributed by atoms with van der Waals surface area (Å²) in [6.45, 7) is 0. The van der Waals surface area contributed by atoms with Crippen molar-refractivity contribution in [2.75, 3.05) is 5.73 Å². The van der Waals surface area contributed by atoms with E-state index in [1.807, 2.05) is 0 Å². The minimum atomic E-state index is 0.815. The lowest BCUT2D eigenvalue weighted by Gasteiger charge is -1.67. The number of rotatable bonds is 0. The van der Waals surface area contributed by atoms with E-state index in [4.69, 9.17) is 18.0 Å². The molecule has 0 atom stereocenters. The molecule has 0 bridgehead atoms. The zero-order valence-corrected chi connectivity index (χ0v) is 5.83. The second-order valence-corrected chi connectivity index (χ2v) is 3.98. The van der Waals surface area contributed by atoms with E-state index in [0.29, 0.717) is 0 Å². The Labute approximate surface area is 53.8 Å². The van der Waals surface area contributed by atoms with Crippen LogP contribution in [0.2, 0.25) is 0 Å². The second-order valence-electron chi connectivity index (χ2n) is 1.03. The number of hydrogen-bond acceptors (Lipinski definition) is 4. The van der Waals surface area contributed by atoms with Crippen LogP contribution in [0.3, 0.4) is 0 Å². The molecule has 0 saturated carbocycles. The Balaban J connectivity index is 3.30. The van der Waals surface area contributed by atoms with Gasteiger partial charge in [0.05, 0.1) is 5.00 Å².